The first-order valence-corrected chi connectivity index (χ1v) is 7.82. The van der Waals surface area contributed by atoms with Crippen molar-refractivity contribution in [3.8, 4) is 5.69 Å². The molecule has 2 aromatic heterocycles. The Balaban J connectivity index is 1.76. The summed E-state index contributed by atoms with van der Waals surface area (Å²) >= 11 is 0. The van der Waals surface area contributed by atoms with Crippen molar-refractivity contribution >= 4 is 11.7 Å². The molecular weight excluding hydrogens is 296 g/mol. The molecule has 0 unspecified atom stereocenters. The van der Waals surface area contributed by atoms with E-state index in [1.54, 1.807) is 18.6 Å². The van der Waals surface area contributed by atoms with Crippen LogP contribution < -0.4 is 4.90 Å². The fourth-order valence-electron chi connectivity index (χ4n) is 3.03. The van der Waals surface area contributed by atoms with Crippen LogP contribution in [0.2, 0.25) is 0 Å². The highest BCUT2D eigenvalue weighted by Crippen LogP contribution is 2.39. The van der Waals surface area contributed by atoms with E-state index in [1.807, 2.05) is 15.7 Å². The SMILES string of the molecule is O=C(O)c1cc(-n2cnc(C3CC3)c2)c(N2CC[C@H](O)C2)cn1. The molecule has 23 heavy (non-hydrogen) atoms. The van der Waals surface area contributed by atoms with Crippen molar-refractivity contribution in [3.05, 3.63) is 36.2 Å². The monoisotopic (exact) mass is 314 g/mol. The number of carboxylic acid groups (broad SMARTS) is 1. The van der Waals surface area contributed by atoms with Gasteiger partial charge in [0.15, 0.2) is 0 Å². The zero-order valence-corrected chi connectivity index (χ0v) is 12.6. The van der Waals surface area contributed by atoms with Gasteiger partial charge in [0, 0.05) is 25.2 Å². The molecule has 2 aliphatic rings. The van der Waals surface area contributed by atoms with Crippen LogP contribution in [0.4, 0.5) is 5.69 Å². The lowest BCUT2D eigenvalue weighted by molar-refractivity contribution is 0.0690. The Labute approximate surface area is 133 Å². The lowest BCUT2D eigenvalue weighted by Crippen LogP contribution is -2.23. The van der Waals surface area contributed by atoms with Crippen LogP contribution >= 0.6 is 0 Å². The normalized spacial score (nSPS) is 20.9. The van der Waals surface area contributed by atoms with Gasteiger partial charge in [-0.2, -0.15) is 0 Å². The number of aliphatic hydroxyl groups is 1. The summed E-state index contributed by atoms with van der Waals surface area (Å²) < 4.78 is 1.86. The van der Waals surface area contributed by atoms with Crippen LogP contribution in [0.1, 0.15) is 41.4 Å². The van der Waals surface area contributed by atoms with E-state index in [0.717, 1.165) is 23.6 Å². The summed E-state index contributed by atoms with van der Waals surface area (Å²) in [4.78, 5) is 21.8. The van der Waals surface area contributed by atoms with Crippen LogP contribution in [0.5, 0.6) is 0 Å². The third-order valence-electron chi connectivity index (χ3n) is 4.46. The molecule has 1 saturated heterocycles. The number of rotatable bonds is 4. The molecule has 3 heterocycles. The Kier molecular flexibility index (Phi) is 3.30. The molecule has 0 aromatic carbocycles. The van der Waals surface area contributed by atoms with E-state index in [9.17, 15) is 15.0 Å². The van der Waals surface area contributed by atoms with Crippen molar-refractivity contribution in [2.24, 2.45) is 0 Å². The predicted molar refractivity (Wildman–Crippen MR) is 83.1 cm³/mol. The Hall–Kier alpha value is -2.41. The number of β-amino-alcohol motifs (C(OH)–C–C–N with tert-alkyl or cyclic N) is 1. The van der Waals surface area contributed by atoms with Gasteiger partial charge in [-0.3, -0.25) is 0 Å². The first kappa shape index (κ1) is 14.2. The second-order valence-corrected chi connectivity index (χ2v) is 6.23. The summed E-state index contributed by atoms with van der Waals surface area (Å²) in [6, 6.07) is 1.57. The number of carboxylic acids is 1. The van der Waals surface area contributed by atoms with Crippen molar-refractivity contribution in [2.45, 2.75) is 31.3 Å². The minimum Gasteiger partial charge on any atom is -0.477 e. The van der Waals surface area contributed by atoms with Gasteiger partial charge in [0.25, 0.3) is 0 Å². The van der Waals surface area contributed by atoms with Crippen LogP contribution in [-0.4, -0.2) is 49.9 Å². The largest absolute Gasteiger partial charge is 0.477 e. The summed E-state index contributed by atoms with van der Waals surface area (Å²) in [7, 11) is 0. The Morgan fingerprint density at radius 3 is 2.70 bits per heavy atom. The van der Waals surface area contributed by atoms with E-state index in [0.29, 0.717) is 18.9 Å². The van der Waals surface area contributed by atoms with Crippen molar-refractivity contribution in [1.82, 2.24) is 14.5 Å². The van der Waals surface area contributed by atoms with Gasteiger partial charge in [-0.05, 0) is 25.3 Å². The van der Waals surface area contributed by atoms with Crippen LogP contribution in [0.15, 0.2) is 24.8 Å². The van der Waals surface area contributed by atoms with Crippen molar-refractivity contribution in [2.75, 3.05) is 18.0 Å². The highest BCUT2D eigenvalue weighted by Gasteiger charge is 2.27. The van der Waals surface area contributed by atoms with E-state index < -0.39 is 5.97 Å². The van der Waals surface area contributed by atoms with E-state index in [1.165, 1.54) is 12.8 Å². The number of pyridine rings is 1. The molecule has 2 aromatic rings. The molecular formula is C16H18N4O3. The van der Waals surface area contributed by atoms with Crippen molar-refractivity contribution in [3.63, 3.8) is 0 Å². The van der Waals surface area contributed by atoms with Gasteiger partial charge in [0.2, 0.25) is 0 Å². The number of carbonyl (C=O) groups is 1. The van der Waals surface area contributed by atoms with Gasteiger partial charge in [0.1, 0.15) is 5.69 Å². The third-order valence-corrected chi connectivity index (χ3v) is 4.46. The molecule has 120 valence electrons. The van der Waals surface area contributed by atoms with Gasteiger partial charge in [-0.15, -0.1) is 0 Å². The van der Waals surface area contributed by atoms with Crippen molar-refractivity contribution in [1.29, 1.82) is 0 Å². The second-order valence-electron chi connectivity index (χ2n) is 6.23. The van der Waals surface area contributed by atoms with Gasteiger partial charge in [0.05, 0.1) is 35.7 Å². The zero-order chi connectivity index (χ0) is 16.0. The Morgan fingerprint density at radius 1 is 1.22 bits per heavy atom. The second kappa shape index (κ2) is 5.34. The molecule has 0 amide bonds. The van der Waals surface area contributed by atoms with E-state index in [4.69, 9.17) is 0 Å². The van der Waals surface area contributed by atoms with Gasteiger partial charge in [-0.25, -0.2) is 14.8 Å². The molecule has 1 aliphatic heterocycles. The number of aliphatic hydroxyl groups excluding tert-OH is 1. The molecule has 0 radical (unpaired) electrons. The topological polar surface area (TPSA) is 91.5 Å². The van der Waals surface area contributed by atoms with Crippen LogP contribution in [0, 0.1) is 0 Å². The molecule has 4 rings (SSSR count). The van der Waals surface area contributed by atoms with E-state index in [2.05, 4.69) is 9.97 Å². The summed E-state index contributed by atoms with van der Waals surface area (Å²) in [6.45, 7) is 1.26. The molecule has 2 N–H and O–H groups in total. The molecule has 7 heteroatoms. The maximum absolute atomic E-state index is 11.3. The molecule has 1 aliphatic carbocycles. The quantitative estimate of drug-likeness (QED) is 0.886. The number of anilines is 1. The van der Waals surface area contributed by atoms with E-state index >= 15 is 0 Å². The van der Waals surface area contributed by atoms with Gasteiger partial charge >= 0.3 is 5.97 Å². The number of aromatic carboxylic acids is 1. The van der Waals surface area contributed by atoms with Gasteiger partial charge < -0.3 is 19.7 Å². The molecule has 0 bridgehead atoms. The molecule has 7 nitrogen and oxygen atoms in total. The first-order chi connectivity index (χ1) is 11.1. The Morgan fingerprint density at radius 2 is 2.04 bits per heavy atom. The van der Waals surface area contributed by atoms with Gasteiger partial charge in [-0.1, -0.05) is 0 Å². The average Bonchev–Trinajstić information content (AvgIpc) is 3.11. The lowest BCUT2D eigenvalue weighted by Gasteiger charge is -2.21. The highest BCUT2D eigenvalue weighted by molar-refractivity contribution is 5.87. The average molecular weight is 314 g/mol. The maximum Gasteiger partial charge on any atom is 0.354 e. The maximum atomic E-state index is 11.3. The predicted octanol–water partition coefficient (Wildman–Crippen LogP) is 1.41. The van der Waals surface area contributed by atoms with Crippen LogP contribution in [0.3, 0.4) is 0 Å². The number of nitrogens with zero attached hydrogens (tertiary/aromatic N) is 4. The summed E-state index contributed by atoms with van der Waals surface area (Å²) in [6.07, 6.45) is 7.95. The number of aromatic nitrogens is 3. The molecule has 0 spiro atoms. The fraction of sp³-hybridized carbons (Fsp3) is 0.438. The highest BCUT2D eigenvalue weighted by atomic mass is 16.4. The number of imidazole rings is 1. The van der Waals surface area contributed by atoms with E-state index in [-0.39, 0.29) is 11.8 Å². The fourth-order valence-corrected chi connectivity index (χ4v) is 3.03. The summed E-state index contributed by atoms with van der Waals surface area (Å²) in [5.41, 5.74) is 2.62. The minimum atomic E-state index is -1.05. The van der Waals surface area contributed by atoms with Crippen molar-refractivity contribution < 1.29 is 15.0 Å². The number of hydrogen-bond acceptors (Lipinski definition) is 5. The minimum absolute atomic E-state index is 0.00478. The summed E-state index contributed by atoms with van der Waals surface area (Å²) in [5, 5.41) is 19.0. The smallest absolute Gasteiger partial charge is 0.354 e. The molecule has 1 atom stereocenters. The van der Waals surface area contributed by atoms with Crippen LogP contribution in [0.25, 0.3) is 5.69 Å². The Bertz CT molecular complexity index is 754. The third kappa shape index (κ3) is 2.68. The zero-order valence-electron chi connectivity index (χ0n) is 12.6. The lowest BCUT2D eigenvalue weighted by atomic mass is 10.2. The molecule has 1 saturated carbocycles. The van der Waals surface area contributed by atoms with Crippen LogP contribution in [-0.2, 0) is 0 Å². The first-order valence-electron chi connectivity index (χ1n) is 7.82. The number of hydrogen-bond donors (Lipinski definition) is 2. The standard InChI is InChI=1S/C16H18N4O3/c21-11-3-4-19(7-11)15-6-17-12(16(22)23)5-14(15)20-8-13(18-9-20)10-1-2-10/h5-6,8-11,21H,1-4,7H2,(H,22,23)/t11-/m0/s1. The molecule has 2 fully saturated rings. The summed E-state index contributed by atoms with van der Waals surface area (Å²) in [5.74, 6) is -0.518.